The molecule has 1 aromatic heterocycles. The average molecular weight is 433 g/mol. The zero-order chi connectivity index (χ0) is 21.5. The van der Waals surface area contributed by atoms with E-state index in [1.807, 2.05) is 0 Å². The Hall–Kier alpha value is -2.24. The number of hydrogen-bond donors (Lipinski definition) is 2. The third-order valence-corrected chi connectivity index (χ3v) is 5.43. The fourth-order valence-corrected chi connectivity index (χ4v) is 4.00. The number of amides is 1. The van der Waals surface area contributed by atoms with Gasteiger partial charge in [-0.3, -0.25) is 0 Å². The van der Waals surface area contributed by atoms with Gasteiger partial charge in [0.15, 0.2) is 0 Å². The standard InChI is InChI=1S/C16H24N3O9P/c1-16(2)9-26-29(23,27-10-25-15(22)11-8-17-6-7-18-11)28-13(16)14(21)19-5-4-12(20)24-3/h6-8,13,23,29H,4-5,9-10H2,1-3H3,(H,19,21)/t13-/m0/s1. The van der Waals surface area contributed by atoms with Crippen LogP contribution in [0.1, 0.15) is 30.8 Å². The summed E-state index contributed by atoms with van der Waals surface area (Å²) < 4.78 is 25.2. The Morgan fingerprint density at radius 2 is 2.14 bits per heavy atom. The van der Waals surface area contributed by atoms with Crippen LogP contribution in [0.3, 0.4) is 0 Å². The molecule has 1 aromatic rings. The molecule has 0 unspecified atom stereocenters. The maximum atomic E-state index is 12.4. The van der Waals surface area contributed by atoms with Crippen LogP contribution in [0, 0.1) is 5.41 Å². The molecule has 12 nitrogen and oxygen atoms in total. The molecule has 0 radical (unpaired) electrons. The number of carbonyl (C=O) groups is 3. The molecule has 0 bridgehead atoms. The summed E-state index contributed by atoms with van der Waals surface area (Å²) in [5.41, 5.74) is -0.826. The molecule has 162 valence electrons. The summed E-state index contributed by atoms with van der Waals surface area (Å²) >= 11 is 0. The number of nitrogens with one attached hydrogen (secondary N) is 1. The molecule has 1 aliphatic heterocycles. The van der Waals surface area contributed by atoms with Crippen molar-refractivity contribution in [2.75, 3.05) is 27.1 Å². The molecule has 2 heterocycles. The zero-order valence-electron chi connectivity index (χ0n) is 16.2. The minimum atomic E-state index is -4.25. The number of hydrogen-bond acceptors (Lipinski definition) is 11. The van der Waals surface area contributed by atoms with Gasteiger partial charge in [-0.1, -0.05) is 0 Å². The van der Waals surface area contributed by atoms with E-state index in [9.17, 15) is 19.3 Å². The van der Waals surface area contributed by atoms with Crippen LogP contribution in [-0.4, -0.2) is 65.9 Å². The van der Waals surface area contributed by atoms with E-state index >= 15 is 0 Å². The summed E-state index contributed by atoms with van der Waals surface area (Å²) in [6, 6.07) is 0. The van der Waals surface area contributed by atoms with Gasteiger partial charge in [0.25, 0.3) is 0 Å². The third kappa shape index (κ3) is 6.65. The molecule has 1 aliphatic rings. The molecule has 0 aliphatic carbocycles. The van der Waals surface area contributed by atoms with Crippen LogP contribution in [0.25, 0.3) is 0 Å². The first-order valence-electron chi connectivity index (χ1n) is 8.62. The molecular formula is C16H24N3O9P. The van der Waals surface area contributed by atoms with E-state index in [4.69, 9.17) is 18.3 Å². The van der Waals surface area contributed by atoms with Gasteiger partial charge in [-0.15, -0.1) is 0 Å². The van der Waals surface area contributed by atoms with Gasteiger partial charge in [-0.05, 0) is 0 Å². The van der Waals surface area contributed by atoms with E-state index in [-0.39, 0.29) is 25.3 Å². The normalized spacial score (nSPS) is 20.9. The molecule has 0 saturated carbocycles. The molecule has 2 N–H and O–H groups in total. The number of methoxy groups -OCH3 is 1. The van der Waals surface area contributed by atoms with Gasteiger partial charge in [0.2, 0.25) is 0 Å². The fraction of sp³-hybridized carbons (Fsp3) is 0.562. The number of aromatic nitrogens is 2. The predicted octanol–water partition coefficient (Wildman–Crippen LogP) is 0.131. The second-order valence-corrected chi connectivity index (χ2v) is 8.56. The number of esters is 2. The van der Waals surface area contributed by atoms with E-state index in [2.05, 4.69) is 20.0 Å². The number of ether oxygens (including phenoxy) is 2. The van der Waals surface area contributed by atoms with Gasteiger partial charge in [-0.25, -0.2) is 0 Å². The summed E-state index contributed by atoms with van der Waals surface area (Å²) in [4.78, 5) is 53.4. The molecule has 0 spiro atoms. The van der Waals surface area contributed by atoms with E-state index in [0.29, 0.717) is 0 Å². The molecule has 13 heteroatoms. The van der Waals surface area contributed by atoms with Gasteiger partial charge in [-0.2, -0.15) is 0 Å². The summed E-state index contributed by atoms with van der Waals surface area (Å²) in [6.45, 7) is 2.75. The fourth-order valence-electron chi connectivity index (χ4n) is 2.30. The Morgan fingerprint density at radius 3 is 2.79 bits per heavy atom. The molecular weight excluding hydrogens is 409 g/mol. The first kappa shape index (κ1) is 23.0. The molecule has 1 fully saturated rings. The number of carbonyl (C=O) groups excluding carboxylic acids is 3. The van der Waals surface area contributed by atoms with Crippen LogP contribution >= 0.6 is 8.17 Å². The van der Waals surface area contributed by atoms with Crippen LogP contribution in [0.15, 0.2) is 18.6 Å². The predicted molar refractivity (Wildman–Crippen MR) is 98.2 cm³/mol. The monoisotopic (exact) mass is 433 g/mol. The van der Waals surface area contributed by atoms with E-state index < -0.39 is 44.3 Å². The minimum absolute atomic E-state index is 0.0115. The van der Waals surface area contributed by atoms with E-state index in [1.54, 1.807) is 13.8 Å². The van der Waals surface area contributed by atoms with Crippen molar-refractivity contribution in [3.63, 3.8) is 0 Å². The molecule has 29 heavy (non-hydrogen) atoms. The van der Waals surface area contributed by atoms with Crippen LogP contribution in [0.2, 0.25) is 0 Å². The molecule has 0 aromatic carbocycles. The van der Waals surface area contributed by atoms with Crippen molar-refractivity contribution in [3.8, 4) is 0 Å². The third-order valence-electron chi connectivity index (χ3n) is 3.90. The average Bonchev–Trinajstić information content (AvgIpc) is 2.70. The zero-order valence-corrected chi connectivity index (χ0v) is 17.2. The molecule has 1 amide bonds. The SMILES string of the molecule is COC(=O)CCNC(=O)[C@@H]1O[PH](O)(OCOC(=O)c2cnccn2)OCC1(C)C. The van der Waals surface area contributed by atoms with Crippen molar-refractivity contribution in [2.24, 2.45) is 5.41 Å². The van der Waals surface area contributed by atoms with Gasteiger partial charge in [0, 0.05) is 0 Å². The quantitative estimate of drug-likeness (QED) is 0.326. The number of rotatable bonds is 8. The van der Waals surface area contributed by atoms with Crippen LogP contribution in [0.4, 0.5) is 0 Å². The van der Waals surface area contributed by atoms with E-state index in [0.717, 1.165) is 0 Å². The van der Waals surface area contributed by atoms with Crippen molar-refractivity contribution in [3.05, 3.63) is 24.3 Å². The van der Waals surface area contributed by atoms with E-state index in [1.165, 1.54) is 25.7 Å². The van der Waals surface area contributed by atoms with Gasteiger partial charge >= 0.3 is 167 Å². The Balaban J connectivity index is 1.89. The second-order valence-electron chi connectivity index (χ2n) is 6.70. The van der Waals surface area contributed by atoms with Crippen molar-refractivity contribution in [2.45, 2.75) is 26.4 Å². The number of nitrogens with zero attached hydrogens (tertiary/aromatic N) is 2. The van der Waals surface area contributed by atoms with Gasteiger partial charge in [0.05, 0.1) is 0 Å². The van der Waals surface area contributed by atoms with Gasteiger partial charge in [0.1, 0.15) is 0 Å². The molecule has 1 atom stereocenters. The van der Waals surface area contributed by atoms with Crippen molar-refractivity contribution >= 4 is 26.0 Å². The second kappa shape index (κ2) is 9.99. The van der Waals surface area contributed by atoms with Crippen LogP contribution in [-0.2, 0) is 32.6 Å². The summed E-state index contributed by atoms with van der Waals surface area (Å²) in [7, 11) is -3.01. The Labute approximate surface area is 167 Å². The van der Waals surface area contributed by atoms with Crippen molar-refractivity contribution in [1.29, 1.82) is 0 Å². The van der Waals surface area contributed by atoms with Crippen LogP contribution in [0.5, 0.6) is 0 Å². The maximum absolute atomic E-state index is 12.4. The Bertz CT molecular complexity index is 734. The summed E-state index contributed by atoms with van der Waals surface area (Å²) in [5.74, 6) is -1.84. The Morgan fingerprint density at radius 1 is 1.38 bits per heavy atom. The summed E-state index contributed by atoms with van der Waals surface area (Å²) in [6.07, 6.45) is 2.80. The summed E-state index contributed by atoms with van der Waals surface area (Å²) in [5, 5.41) is 2.54. The van der Waals surface area contributed by atoms with Crippen LogP contribution < -0.4 is 5.32 Å². The van der Waals surface area contributed by atoms with Gasteiger partial charge < -0.3 is 0 Å². The van der Waals surface area contributed by atoms with Crippen molar-refractivity contribution < 1.29 is 42.3 Å². The molecule has 2 rings (SSSR count). The molecule has 1 saturated heterocycles. The van der Waals surface area contributed by atoms with Crippen molar-refractivity contribution in [1.82, 2.24) is 15.3 Å². The topological polar surface area (TPSA) is 155 Å². The first-order chi connectivity index (χ1) is 13.7. The Kier molecular flexibility index (Phi) is 7.94. The first-order valence-corrected chi connectivity index (χ1v) is 10.3.